The summed E-state index contributed by atoms with van der Waals surface area (Å²) in [4.78, 5) is 0. The lowest BCUT2D eigenvalue weighted by atomic mass is 9.47. The van der Waals surface area contributed by atoms with Gasteiger partial charge < -0.3 is 0 Å². The van der Waals surface area contributed by atoms with Crippen LogP contribution in [0.15, 0.2) is 24.3 Å². The highest BCUT2D eigenvalue weighted by Crippen LogP contribution is 2.61. The highest BCUT2D eigenvalue weighted by Gasteiger charge is 2.53. The molecular weight excluding hydrogens is 256 g/mol. The number of hydrazine groups is 1. The highest BCUT2D eigenvalue weighted by molar-refractivity contribution is 5.24. The van der Waals surface area contributed by atoms with Gasteiger partial charge in [-0.15, -0.1) is 0 Å². The van der Waals surface area contributed by atoms with E-state index in [0.717, 1.165) is 24.2 Å². The van der Waals surface area contributed by atoms with Gasteiger partial charge in [-0.1, -0.05) is 29.8 Å². The smallest absolute Gasteiger partial charge is 0.0307 e. The quantitative estimate of drug-likeness (QED) is 0.655. The Kier molecular flexibility index (Phi) is 3.35. The van der Waals surface area contributed by atoms with Gasteiger partial charge in [-0.2, -0.15) is 0 Å². The minimum atomic E-state index is 0.452. The van der Waals surface area contributed by atoms with E-state index < -0.39 is 0 Å². The first-order valence-corrected chi connectivity index (χ1v) is 8.68. The molecule has 2 heteroatoms. The molecule has 1 unspecified atom stereocenters. The first-order chi connectivity index (χ1) is 10.2. The topological polar surface area (TPSA) is 38.0 Å². The number of hydrogen-bond donors (Lipinski definition) is 2. The molecular formula is C19H28N2. The third-order valence-corrected chi connectivity index (χ3v) is 6.55. The molecule has 4 aliphatic carbocycles. The fourth-order valence-corrected chi connectivity index (χ4v) is 6.13. The van der Waals surface area contributed by atoms with E-state index in [9.17, 15) is 0 Å². The van der Waals surface area contributed by atoms with Gasteiger partial charge in [0, 0.05) is 6.04 Å². The maximum Gasteiger partial charge on any atom is 0.0307 e. The molecule has 4 bridgehead atoms. The minimum Gasteiger partial charge on any atom is -0.271 e. The van der Waals surface area contributed by atoms with Crippen molar-refractivity contribution in [3.8, 4) is 0 Å². The van der Waals surface area contributed by atoms with Crippen molar-refractivity contribution in [3.63, 3.8) is 0 Å². The van der Waals surface area contributed by atoms with Crippen molar-refractivity contribution in [2.45, 2.75) is 57.9 Å². The molecule has 4 fully saturated rings. The Morgan fingerprint density at radius 1 is 1.14 bits per heavy atom. The molecule has 4 saturated carbocycles. The van der Waals surface area contributed by atoms with E-state index >= 15 is 0 Å². The summed E-state index contributed by atoms with van der Waals surface area (Å²) in [5.41, 5.74) is 6.50. The summed E-state index contributed by atoms with van der Waals surface area (Å²) in [5.74, 6) is 9.00. The van der Waals surface area contributed by atoms with Crippen LogP contribution in [0.3, 0.4) is 0 Å². The number of hydrogen-bond acceptors (Lipinski definition) is 2. The van der Waals surface area contributed by atoms with Crippen LogP contribution in [0.5, 0.6) is 0 Å². The third kappa shape index (κ3) is 2.43. The van der Waals surface area contributed by atoms with Gasteiger partial charge in [-0.25, -0.2) is 0 Å². The number of nitrogens with one attached hydrogen (secondary N) is 1. The van der Waals surface area contributed by atoms with E-state index in [2.05, 4.69) is 36.6 Å². The van der Waals surface area contributed by atoms with Crippen LogP contribution in [0.25, 0.3) is 0 Å². The largest absolute Gasteiger partial charge is 0.271 e. The molecule has 2 nitrogen and oxygen atoms in total. The Hall–Kier alpha value is -0.860. The summed E-state index contributed by atoms with van der Waals surface area (Å²) < 4.78 is 0. The second kappa shape index (κ2) is 5.10. The van der Waals surface area contributed by atoms with Crippen molar-refractivity contribution in [3.05, 3.63) is 35.4 Å². The Morgan fingerprint density at radius 3 is 2.29 bits per heavy atom. The number of rotatable bonds is 4. The molecule has 1 atom stereocenters. The molecule has 0 aromatic heterocycles. The molecule has 0 aliphatic heterocycles. The maximum atomic E-state index is 6.03. The maximum absolute atomic E-state index is 6.03. The van der Waals surface area contributed by atoms with E-state index in [4.69, 9.17) is 5.84 Å². The van der Waals surface area contributed by atoms with E-state index in [-0.39, 0.29) is 0 Å². The molecule has 114 valence electrons. The van der Waals surface area contributed by atoms with Crippen molar-refractivity contribution >= 4 is 0 Å². The Morgan fingerprint density at radius 2 is 1.76 bits per heavy atom. The van der Waals surface area contributed by atoms with Crippen LogP contribution in [0.2, 0.25) is 0 Å². The molecule has 1 aromatic carbocycles. The van der Waals surface area contributed by atoms with Crippen molar-refractivity contribution < 1.29 is 0 Å². The normalized spacial score (nSPS) is 38.7. The lowest BCUT2D eigenvalue weighted by molar-refractivity contribution is -0.0737. The van der Waals surface area contributed by atoms with E-state index in [1.165, 1.54) is 49.7 Å². The van der Waals surface area contributed by atoms with Gasteiger partial charge in [0.15, 0.2) is 0 Å². The lowest BCUT2D eigenvalue weighted by Crippen LogP contribution is -2.58. The number of nitrogens with two attached hydrogens (primary N) is 1. The lowest BCUT2D eigenvalue weighted by Gasteiger charge is -2.59. The molecule has 4 aliphatic rings. The van der Waals surface area contributed by atoms with Crippen LogP contribution >= 0.6 is 0 Å². The summed E-state index contributed by atoms with van der Waals surface area (Å²) in [6.07, 6.45) is 9.84. The van der Waals surface area contributed by atoms with Crippen molar-refractivity contribution in [1.29, 1.82) is 0 Å². The van der Waals surface area contributed by atoms with Crippen LogP contribution < -0.4 is 11.3 Å². The number of benzene rings is 1. The van der Waals surface area contributed by atoms with E-state index in [0.29, 0.717) is 11.5 Å². The van der Waals surface area contributed by atoms with Gasteiger partial charge in [-0.05, 0) is 80.6 Å². The zero-order valence-electron chi connectivity index (χ0n) is 13.1. The minimum absolute atomic E-state index is 0.452. The van der Waals surface area contributed by atoms with Gasteiger partial charge in [0.1, 0.15) is 0 Å². The van der Waals surface area contributed by atoms with Gasteiger partial charge in [0.25, 0.3) is 0 Å². The first-order valence-electron chi connectivity index (χ1n) is 8.68. The highest BCUT2D eigenvalue weighted by atomic mass is 15.2. The van der Waals surface area contributed by atoms with E-state index in [1.54, 1.807) is 0 Å². The summed E-state index contributed by atoms with van der Waals surface area (Å²) in [6.45, 7) is 2.18. The molecule has 1 aromatic rings. The second-order valence-electron chi connectivity index (χ2n) is 8.19. The predicted octanol–water partition coefficient (Wildman–Crippen LogP) is 3.59. The van der Waals surface area contributed by atoms with Gasteiger partial charge in [0.05, 0.1) is 0 Å². The molecule has 0 amide bonds. The molecule has 0 spiro atoms. The average molecular weight is 284 g/mol. The molecule has 0 saturated heterocycles. The van der Waals surface area contributed by atoms with Gasteiger partial charge in [-0.3, -0.25) is 11.3 Å². The van der Waals surface area contributed by atoms with Crippen LogP contribution in [0.1, 0.15) is 49.7 Å². The van der Waals surface area contributed by atoms with Crippen LogP contribution in [0, 0.1) is 30.1 Å². The standard InChI is InChI=1S/C19H28N2/c1-13-3-2-4-14(5-13)9-18(21-20)19-10-15-6-16(11-19)8-17(7-15)12-19/h2-5,15-18,21H,6-12,20H2,1H3. The SMILES string of the molecule is Cc1cccc(CC(NN)C23CC4CC(CC(C4)C2)C3)c1. The fourth-order valence-electron chi connectivity index (χ4n) is 6.13. The molecule has 5 rings (SSSR count). The molecule has 21 heavy (non-hydrogen) atoms. The first kappa shape index (κ1) is 13.8. The zero-order chi connectivity index (χ0) is 14.4. The summed E-state index contributed by atoms with van der Waals surface area (Å²) in [7, 11) is 0. The monoisotopic (exact) mass is 284 g/mol. The van der Waals surface area contributed by atoms with Gasteiger partial charge in [0.2, 0.25) is 0 Å². The van der Waals surface area contributed by atoms with Gasteiger partial charge >= 0.3 is 0 Å². The van der Waals surface area contributed by atoms with Crippen LogP contribution in [0.4, 0.5) is 0 Å². The summed E-state index contributed by atoms with van der Waals surface area (Å²) >= 11 is 0. The van der Waals surface area contributed by atoms with Crippen molar-refractivity contribution in [2.75, 3.05) is 0 Å². The van der Waals surface area contributed by atoms with Crippen molar-refractivity contribution in [1.82, 2.24) is 5.43 Å². The van der Waals surface area contributed by atoms with Crippen LogP contribution in [-0.2, 0) is 6.42 Å². The average Bonchev–Trinajstić information content (AvgIpc) is 2.43. The van der Waals surface area contributed by atoms with E-state index in [1.807, 2.05) is 0 Å². The fraction of sp³-hybridized carbons (Fsp3) is 0.684. The van der Waals surface area contributed by atoms with Crippen LogP contribution in [-0.4, -0.2) is 6.04 Å². The third-order valence-electron chi connectivity index (χ3n) is 6.55. The Balaban J connectivity index is 1.58. The molecule has 0 heterocycles. The number of aryl methyl sites for hydroxylation is 1. The Labute approximate surface area is 128 Å². The predicted molar refractivity (Wildman–Crippen MR) is 86.6 cm³/mol. The second-order valence-corrected chi connectivity index (χ2v) is 8.19. The zero-order valence-corrected chi connectivity index (χ0v) is 13.1. The summed E-state index contributed by atoms with van der Waals surface area (Å²) in [5, 5.41) is 0. The summed E-state index contributed by atoms with van der Waals surface area (Å²) in [6, 6.07) is 9.40. The molecule has 3 N–H and O–H groups in total. The van der Waals surface area contributed by atoms with Crippen molar-refractivity contribution in [2.24, 2.45) is 29.0 Å². The molecule has 0 radical (unpaired) electrons. The Bertz CT molecular complexity index is 487.